The lowest BCUT2D eigenvalue weighted by molar-refractivity contribution is 0.422. The van der Waals surface area contributed by atoms with Crippen molar-refractivity contribution in [3.63, 3.8) is 0 Å². The molecule has 4 nitrogen and oxygen atoms in total. The Morgan fingerprint density at radius 3 is 1.88 bits per heavy atom. The highest BCUT2D eigenvalue weighted by Gasteiger charge is 2.13. The van der Waals surface area contributed by atoms with E-state index in [9.17, 15) is 0 Å². The van der Waals surface area contributed by atoms with Crippen molar-refractivity contribution >= 4 is 5.95 Å². The fraction of sp³-hybridized carbons (Fsp3) is 0.692. The quantitative estimate of drug-likeness (QED) is 0.872. The van der Waals surface area contributed by atoms with Gasteiger partial charge in [-0.1, -0.05) is 0 Å². The highest BCUT2D eigenvalue weighted by Crippen LogP contribution is 2.15. The van der Waals surface area contributed by atoms with Gasteiger partial charge < -0.3 is 10.2 Å². The zero-order valence-electron chi connectivity index (χ0n) is 12.0. The first-order chi connectivity index (χ1) is 7.70. The summed E-state index contributed by atoms with van der Waals surface area (Å²) in [6, 6.07) is 0. The van der Waals surface area contributed by atoms with E-state index < -0.39 is 0 Å². The molecule has 0 aliphatic heterocycles. The molecular weight excluding hydrogens is 212 g/mol. The van der Waals surface area contributed by atoms with Crippen LogP contribution in [0, 0.1) is 13.8 Å². The Morgan fingerprint density at radius 2 is 1.53 bits per heavy atom. The lowest BCUT2D eigenvalue weighted by Gasteiger charge is -2.22. The van der Waals surface area contributed by atoms with Gasteiger partial charge in [-0.2, -0.15) is 0 Å². The van der Waals surface area contributed by atoms with E-state index in [-0.39, 0.29) is 5.54 Å². The molecule has 1 heterocycles. The first-order valence-electron chi connectivity index (χ1n) is 5.97. The molecule has 0 aromatic carbocycles. The summed E-state index contributed by atoms with van der Waals surface area (Å²) in [6.07, 6.45) is 0. The molecule has 1 aromatic rings. The Labute approximate surface area is 104 Å². The minimum atomic E-state index is 0.110. The fourth-order valence-corrected chi connectivity index (χ4v) is 1.53. The minimum absolute atomic E-state index is 0.110. The molecule has 0 unspecified atom stereocenters. The average Bonchev–Trinajstić information content (AvgIpc) is 2.14. The van der Waals surface area contributed by atoms with Gasteiger partial charge in [-0.25, -0.2) is 9.97 Å². The maximum atomic E-state index is 4.51. The molecule has 1 aromatic heterocycles. The molecule has 1 N–H and O–H groups in total. The number of anilines is 1. The Kier molecular flexibility index (Phi) is 4.09. The summed E-state index contributed by atoms with van der Waals surface area (Å²) in [6.45, 7) is 11.4. The molecule has 0 aliphatic carbocycles. The van der Waals surface area contributed by atoms with Gasteiger partial charge >= 0.3 is 0 Å². The third-order valence-corrected chi connectivity index (χ3v) is 2.60. The zero-order chi connectivity index (χ0) is 13.2. The maximum absolute atomic E-state index is 4.51. The summed E-state index contributed by atoms with van der Waals surface area (Å²) in [5.74, 6) is 0.777. The van der Waals surface area contributed by atoms with Crippen molar-refractivity contribution in [1.82, 2.24) is 15.3 Å². The van der Waals surface area contributed by atoms with Gasteiger partial charge in [-0.3, -0.25) is 0 Å². The van der Waals surface area contributed by atoms with Crippen LogP contribution in [0.3, 0.4) is 0 Å². The second-order valence-corrected chi connectivity index (χ2v) is 5.67. The minimum Gasteiger partial charge on any atom is -0.347 e. The van der Waals surface area contributed by atoms with Crippen LogP contribution < -0.4 is 10.2 Å². The molecule has 0 atom stereocenters. The monoisotopic (exact) mass is 236 g/mol. The molecular formula is C13H24N4. The number of hydrogen-bond donors (Lipinski definition) is 1. The van der Waals surface area contributed by atoms with Crippen LogP contribution in [0.25, 0.3) is 0 Å². The van der Waals surface area contributed by atoms with Crippen LogP contribution in [0.4, 0.5) is 5.95 Å². The van der Waals surface area contributed by atoms with Crippen LogP contribution in [-0.4, -0.2) is 29.6 Å². The van der Waals surface area contributed by atoms with Crippen molar-refractivity contribution in [2.75, 3.05) is 19.0 Å². The molecule has 0 spiro atoms. The number of nitrogens with zero attached hydrogens (tertiary/aromatic N) is 3. The molecule has 0 aliphatic rings. The van der Waals surface area contributed by atoms with Crippen molar-refractivity contribution in [3.05, 3.63) is 17.0 Å². The van der Waals surface area contributed by atoms with E-state index >= 15 is 0 Å². The van der Waals surface area contributed by atoms with Gasteiger partial charge in [0.1, 0.15) is 0 Å². The largest absolute Gasteiger partial charge is 0.347 e. The van der Waals surface area contributed by atoms with Crippen LogP contribution in [0.15, 0.2) is 0 Å². The number of nitrogens with one attached hydrogen (secondary N) is 1. The second-order valence-electron chi connectivity index (χ2n) is 5.67. The highest BCUT2D eigenvalue weighted by atomic mass is 15.2. The van der Waals surface area contributed by atoms with Gasteiger partial charge in [-0.15, -0.1) is 0 Å². The molecule has 0 amide bonds. The number of aromatic nitrogens is 2. The van der Waals surface area contributed by atoms with Gasteiger partial charge in [0.2, 0.25) is 5.95 Å². The first kappa shape index (κ1) is 13.9. The Bertz CT molecular complexity index is 368. The first-order valence-corrected chi connectivity index (χ1v) is 5.97. The van der Waals surface area contributed by atoms with E-state index in [1.165, 1.54) is 5.56 Å². The molecule has 0 radical (unpaired) electrons. The second kappa shape index (κ2) is 5.00. The Balaban J connectivity index is 2.94. The molecule has 96 valence electrons. The summed E-state index contributed by atoms with van der Waals surface area (Å²) in [7, 11) is 3.92. The molecule has 0 saturated carbocycles. The topological polar surface area (TPSA) is 41.1 Å². The summed E-state index contributed by atoms with van der Waals surface area (Å²) < 4.78 is 0. The van der Waals surface area contributed by atoms with Gasteiger partial charge in [0.05, 0.1) is 0 Å². The van der Waals surface area contributed by atoms with Crippen molar-refractivity contribution in [3.8, 4) is 0 Å². The third kappa shape index (κ3) is 3.97. The lowest BCUT2D eigenvalue weighted by Crippen LogP contribution is -2.35. The maximum Gasteiger partial charge on any atom is 0.225 e. The Hall–Kier alpha value is -1.16. The smallest absolute Gasteiger partial charge is 0.225 e. The zero-order valence-corrected chi connectivity index (χ0v) is 12.0. The van der Waals surface area contributed by atoms with Crippen LogP contribution >= 0.6 is 0 Å². The van der Waals surface area contributed by atoms with E-state index in [0.717, 1.165) is 23.9 Å². The predicted molar refractivity (Wildman–Crippen MR) is 72.4 cm³/mol. The number of hydrogen-bond acceptors (Lipinski definition) is 4. The van der Waals surface area contributed by atoms with Crippen LogP contribution in [0.5, 0.6) is 0 Å². The standard InChI is InChI=1S/C13H24N4/c1-9-11(8-14-13(3,4)5)10(2)16-12(15-9)17(6)7/h14H,8H2,1-7H3. The molecule has 0 bridgehead atoms. The van der Waals surface area contributed by atoms with E-state index in [1.807, 2.05) is 32.8 Å². The van der Waals surface area contributed by atoms with Crippen molar-refractivity contribution in [2.45, 2.75) is 46.7 Å². The van der Waals surface area contributed by atoms with Crippen molar-refractivity contribution in [2.24, 2.45) is 0 Å². The summed E-state index contributed by atoms with van der Waals surface area (Å²) in [5, 5.41) is 3.47. The predicted octanol–water partition coefficient (Wildman–Crippen LogP) is 2.05. The summed E-state index contributed by atoms with van der Waals surface area (Å²) >= 11 is 0. The van der Waals surface area contributed by atoms with E-state index in [1.54, 1.807) is 0 Å². The third-order valence-electron chi connectivity index (χ3n) is 2.60. The number of rotatable bonds is 3. The van der Waals surface area contributed by atoms with E-state index in [2.05, 4.69) is 36.1 Å². The molecule has 0 fully saturated rings. The normalized spacial score (nSPS) is 11.7. The molecule has 0 saturated heterocycles. The van der Waals surface area contributed by atoms with Crippen LogP contribution in [0.1, 0.15) is 37.7 Å². The number of aryl methyl sites for hydroxylation is 2. The van der Waals surface area contributed by atoms with E-state index in [0.29, 0.717) is 0 Å². The average molecular weight is 236 g/mol. The lowest BCUT2D eigenvalue weighted by atomic mass is 10.1. The fourth-order valence-electron chi connectivity index (χ4n) is 1.53. The van der Waals surface area contributed by atoms with Crippen molar-refractivity contribution < 1.29 is 0 Å². The summed E-state index contributed by atoms with van der Waals surface area (Å²) in [5.41, 5.74) is 3.42. The van der Waals surface area contributed by atoms with Gasteiger partial charge in [-0.05, 0) is 34.6 Å². The van der Waals surface area contributed by atoms with E-state index in [4.69, 9.17) is 0 Å². The highest BCUT2D eigenvalue weighted by molar-refractivity contribution is 5.35. The van der Waals surface area contributed by atoms with Crippen LogP contribution in [-0.2, 0) is 6.54 Å². The molecule has 1 rings (SSSR count). The van der Waals surface area contributed by atoms with Gasteiger partial charge in [0.25, 0.3) is 0 Å². The van der Waals surface area contributed by atoms with Gasteiger partial charge in [0.15, 0.2) is 0 Å². The Morgan fingerprint density at radius 1 is 1.06 bits per heavy atom. The SMILES string of the molecule is Cc1nc(N(C)C)nc(C)c1CNC(C)(C)C. The molecule has 17 heavy (non-hydrogen) atoms. The van der Waals surface area contributed by atoms with Crippen molar-refractivity contribution in [1.29, 1.82) is 0 Å². The van der Waals surface area contributed by atoms with Gasteiger partial charge in [0, 0.05) is 43.1 Å². The van der Waals surface area contributed by atoms with Crippen LogP contribution in [0.2, 0.25) is 0 Å². The molecule has 4 heteroatoms. The summed E-state index contributed by atoms with van der Waals surface area (Å²) in [4.78, 5) is 10.9.